The van der Waals surface area contributed by atoms with E-state index in [1.165, 1.54) is 28.5 Å². The van der Waals surface area contributed by atoms with E-state index < -0.39 is 0 Å². The molecule has 1 saturated heterocycles. The van der Waals surface area contributed by atoms with Gasteiger partial charge in [0.05, 0.1) is 5.75 Å². The van der Waals surface area contributed by atoms with E-state index in [2.05, 4.69) is 93.6 Å². The van der Waals surface area contributed by atoms with Crippen molar-refractivity contribution in [2.45, 2.75) is 38.9 Å². The predicted octanol–water partition coefficient (Wildman–Crippen LogP) is 3.67. The second kappa shape index (κ2) is 12.7. The fourth-order valence-corrected chi connectivity index (χ4v) is 5.61. The van der Waals surface area contributed by atoms with E-state index >= 15 is 0 Å². The Morgan fingerprint density at radius 1 is 0.897 bits per heavy atom. The molecule has 0 radical (unpaired) electrons. The van der Waals surface area contributed by atoms with E-state index in [1.54, 1.807) is 4.52 Å². The van der Waals surface area contributed by atoms with Crippen LogP contribution < -0.4 is 5.32 Å². The van der Waals surface area contributed by atoms with E-state index in [0.29, 0.717) is 17.5 Å². The minimum absolute atomic E-state index is 0.00231. The molecule has 1 aliphatic heterocycles. The lowest BCUT2D eigenvalue weighted by Crippen LogP contribution is -2.48. The molecular weight excluding hydrogens is 506 g/mol. The number of carbonyl (C=O) groups excluding carboxylic acids is 1. The molecule has 4 aromatic rings. The smallest absolute Gasteiger partial charge is 0.253 e. The lowest BCUT2D eigenvalue weighted by Gasteiger charge is -2.34. The van der Waals surface area contributed by atoms with Gasteiger partial charge in [-0.25, -0.2) is 9.50 Å². The lowest BCUT2D eigenvalue weighted by molar-refractivity contribution is -0.118. The third-order valence-corrected chi connectivity index (χ3v) is 8.17. The van der Waals surface area contributed by atoms with Crippen LogP contribution in [0.1, 0.15) is 33.6 Å². The van der Waals surface area contributed by atoms with Crippen molar-refractivity contribution in [3.8, 4) is 0 Å². The number of thioether (sulfide) groups is 1. The van der Waals surface area contributed by atoms with Crippen LogP contribution in [0.5, 0.6) is 0 Å². The predicted molar refractivity (Wildman–Crippen MR) is 156 cm³/mol. The molecule has 1 amide bonds. The Hall–Kier alpha value is -3.27. The maximum atomic E-state index is 12.5. The Kier molecular flexibility index (Phi) is 8.91. The Bertz CT molecular complexity index is 1400. The van der Waals surface area contributed by atoms with E-state index in [4.69, 9.17) is 4.98 Å². The van der Waals surface area contributed by atoms with Gasteiger partial charge >= 0.3 is 0 Å². The van der Waals surface area contributed by atoms with Gasteiger partial charge in [0.15, 0.2) is 0 Å². The third kappa shape index (κ3) is 7.23. The van der Waals surface area contributed by atoms with Gasteiger partial charge < -0.3 is 5.32 Å². The minimum atomic E-state index is 0.00231. The average Bonchev–Trinajstić information content (AvgIpc) is 3.35. The molecule has 0 atom stereocenters. The average molecular weight is 544 g/mol. The highest BCUT2D eigenvalue weighted by Gasteiger charge is 2.18. The summed E-state index contributed by atoms with van der Waals surface area (Å²) in [6.07, 6.45) is 0.799. The van der Waals surface area contributed by atoms with Crippen molar-refractivity contribution in [1.29, 1.82) is 0 Å². The number of hydrogen-bond acceptors (Lipinski definition) is 7. The summed E-state index contributed by atoms with van der Waals surface area (Å²) in [5.41, 5.74) is 7.01. The molecule has 0 bridgehead atoms. The summed E-state index contributed by atoms with van der Waals surface area (Å²) in [5.74, 6) is 0.866. The van der Waals surface area contributed by atoms with Crippen LogP contribution in [0.4, 0.5) is 0 Å². The number of nitrogens with one attached hydrogen (secondary N) is 1. The van der Waals surface area contributed by atoms with Gasteiger partial charge in [-0.05, 0) is 37.5 Å². The molecule has 3 heterocycles. The van der Waals surface area contributed by atoms with Crippen molar-refractivity contribution in [2.75, 3.05) is 45.0 Å². The maximum Gasteiger partial charge on any atom is 0.253 e. The highest BCUT2D eigenvalue weighted by atomic mass is 32.2. The minimum Gasteiger partial charge on any atom is -0.354 e. The molecule has 39 heavy (non-hydrogen) atoms. The molecule has 1 aliphatic rings. The number of nitrogens with zero attached hydrogens (tertiary/aromatic N) is 6. The highest BCUT2D eigenvalue weighted by Crippen LogP contribution is 2.21. The van der Waals surface area contributed by atoms with Crippen molar-refractivity contribution < 1.29 is 4.79 Å². The van der Waals surface area contributed by atoms with Gasteiger partial charge in [0.1, 0.15) is 0 Å². The summed E-state index contributed by atoms with van der Waals surface area (Å²) < 4.78 is 1.80. The SMILES string of the molecule is Cc1ccc(Cc2c(C)nc3nc(SCC(=O)NCCN4CCN(Cc5ccccc5)CC4)nn3c2C)cc1. The summed E-state index contributed by atoms with van der Waals surface area (Å²) in [6, 6.07) is 19.2. The van der Waals surface area contributed by atoms with Crippen LogP contribution in [0.15, 0.2) is 59.8 Å². The largest absolute Gasteiger partial charge is 0.354 e. The molecule has 1 fully saturated rings. The lowest BCUT2D eigenvalue weighted by atomic mass is 10.0. The van der Waals surface area contributed by atoms with Gasteiger partial charge in [0.25, 0.3) is 5.78 Å². The first-order valence-electron chi connectivity index (χ1n) is 13.6. The molecule has 8 nitrogen and oxygen atoms in total. The molecule has 0 spiro atoms. The number of fused-ring (bicyclic) bond motifs is 1. The standard InChI is InChI=1S/C30H37N7OS/c1-22-9-11-25(12-10-22)19-27-23(2)32-29-33-30(34-37(29)24(27)3)39-21-28(38)31-13-14-35-15-17-36(18-16-35)20-26-7-5-4-6-8-26/h4-12H,13-21H2,1-3H3,(H,31,38). The molecule has 9 heteroatoms. The van der Waals surface area contributed by atoms with Gasteiger partial charge in [-0.3, -0.25) is 14.6 Å². The zero-order valence-electron chi connectivity index (χ0n) is 23.1. The quantitative estimate of drug-likeness (QED) is 0.306. The zero-order valence-corrected chi connectivity index (χ0v) is 23.9. The fraction of sp³-hybridized carbons (Fsp3) is 0.400. The normalized spacial score (nSPS) is 14.6. The van der Waals surface area contributed by atoms with Gasteiger partial charge in [-0.2, -0.15) is 4.98 Å². The third-order valence-electron chi connectivity index (χ3n) is 7.33. The molecule has 0 saturated carbocycles. The number of aromatic nitrogens is 4. The van der Waals surface area contributed by atoms with Gasteiger partial charge in [0.2, 0.25) is 11.1 Å². The van der Waals surface area contributed by atoms with Gasteiger partial charge in [0, 0.05) is 63.6 Å². The summed E-state index contributed by atoms with van der Waals surface area (Å²) in [6.45, 7) is 12.9. The monoisotopic (exact) mass is 543 g/mol. The fourth-order valence-electron chi connectivity index (χ4n) is 4.96. The van der Waals surface area contributed by atoms with Crippen LogP contribution in [0.25, 0.3) is 5.78 Å². The summed E-state index contributed by atoms with van der Waals surface area (Å²) in [4.78, 5) is 26.7. The molecule has 2 aromatic heterocycles. The number of carbonyl (C=O) groups is 1. The Labute approximate surface area is 234 Å². The zero-order chi connectivity index (χ0) is 27.2. The number of piperazine rings is 1. The van der Waals surface area contributed by atoms with Crippen molar-refractivity contribution in [3.63, 3.8) is 0 Å². The number of hydrogen-bond donors (Lipinski definition) is 1. The van der Waals surface area contributed by atoms with Crippen LogP contribution in [0.3, 0.4) is 0 Å². The van der Waals surface area contributed by atoms with Crippen LogP contribution in [0, 0.1) is 20.8 Å². The first-order valence-corrected chi connectivity index (χ1v) is 14.6. The van der Waals surface area contributed by atoms with E-state index in [9.17, 15) is 4.79 Å². The molecule has 2 aromatic carbocycles. The molecule has 1 N–H and O–H groups in total. The van der Waals surface area contributed by atoms with Crippen LogP contribution in [-0.4, -0.2) is 80.3 Å². The van der Waals surface area contributed by atoms with Crippen molar-refractivity contribution in [3.05, 3.63) is 88.2 Å². The maximum absolute atomic E-state index is 12.5. The Morgan fingerprint density at radius 2 is 1.62 bits per heavy atom. The van der Waals surface area contributed by atoms with Gasteiger partial charge in [-0.1, -0.05) is 71.9 Å². The highest BCUT2D eigenvalue weighted by molar-refractivity contribution is 7.99. The molecule has 0 unspecified atom stereocenters. The molecular formula is C30H37N7OS. The van der Waals surface area contributed by atoms with Crippen LogP contribution in [-0.2, 0) is 17.8 Å². The first kappa shape index (κ1) is 27.3. The molecule has 5 rings (SSSR count). The van der Waals surface area contributed by atoms with Crippen LogP contribution >= 0.6 is 11.8 Å². The van der Waals surface area contributed by atoms with Crippen LogP contribution in [0.2, 0.25) is 0 Å². The van der Waals surface area contributed by atoms with E-state index in [0.717, 1.165) is 62.6 Å². The van der Waals surface area contributed by atoms with Crippen molar-refractivity contribution in [1.82, 2.24) is 34.7 Å². The van der Waals surface area contributed by atoms with E-state index in [1.807, 2.05) is 6.92 Å². The Morgan fingerprint density at radius 3 is 2.36 bits per heavy atom. The Balaban J connectivity index is 1.07. The summed E-state index contributed by atoms with van der Waals surface area (Å²) >= 11 is 1.35. The van der Waals surface area contributed by atoms with E-state index in [-0.39, 0.29) is 11.7 Å². The topological polar surface area (TPSA) is 78.7 Å². The number of benzene rings is 2. The number of rotatable bonds is 10. The summed E-state index contributed by atoms with van der Waals surface area (Å²) in [5, 5.41) is 8.27. The first-order chi connectivity index (χ1) is 18.9. The molecule has 0 aliphatic carbocycles. The van der Waals surface area contributed by atoms with Crippen molar-refractivity contribution >= 4 is 23.4 Å². The number of aryl methyl sites for hydroxylation is 3. The second-order valence-electron chi connectivity index (χ2n) is 10.3. The summed E-state index contributed by atoms with van der Waals surface area (Å²) in [7, 11) is 0. The van der Waals surface area contributed by atoms with Crippen molar-refractivity contribution in [2.24, 2.45) is 0 Å². The second-order valence-corrected chi connectivity index (χ2v) is 11.2. The number of amides is 1. The molecule has 204 valence electrons. The van der Waals surface area contributed by atoms with Gasteiger partial charge in [-0.15, -0.1) is 5.10 Å².